The van der Waals surface area contributed by atoms with Crippen LogP contribution in [0.15, 0.2) is 30.5 Å². The molecule has 0 saturated heterocycles. The van der Waals surface area contributed by atoms with Gasteiger partial charge in [0.2, 0.25) is 0 Å². The van der Waals surface area contributed by atoms with Gasteiger partial charge in [-0.05, 0) is 31.0 Å². The van der Waals surface area contributed by atoms with Gasteiger partial charge in [-0.3, -0.25) is 4.68 Å². The molecule has 5 heteroatoms. The van der Waals surface area contributed by atoms with Crippen molar-refractivity contribution in [1.82, 2.24) is 9.78 Å². The van der Waals surface area contributed by atoms with Gasteiger partial charge in [0.1, 0.15) is 5.75 Å². The van der Waals surface area contributed by atoms with Gasteiger partial charge in [-0.1, -0.05) is 12.1 Å². The van der Waals surface area contributed by atoms with Gasteiger partial charge in [0.05, 0.1) is 32.2 Å². The molecule has 108 valence electrons. The van der Waals surface area contributed by atoms with E-state index in [1.54, 1.807) is 20.4 Å². The summed E-state index contributed by atoms with van der Waals surface area (Å²) in [6.45, 7) is 2.80. The van der Waals surface area contributed by atoms with Gasteiger partial charge < -0.3 is 15.2 Å². The second-order valence-electron chi connectivity index (χ2n) is 4.58. The fraction of sp³-hybridized carbons (Fsp3) is 0.400. The van der Waals surface area contributed by atoms with Crippen LogP contribution in [0.2, 0.25) is 0 Å². The Morgan fingerprint density at radius 3 is 2.75 bits per heavy atom. The van der Waals surface area contributed by atoms with E-state index in [0.29, 0.717) is 6.42 Å². The monoisotopic (exact) mass is 275 g/mol. The number of aryl methyl sites for hydroxylation is 1. The maximum Gasteiger partial charge on any atom is 0.161 e. The van der Waals surface area contributed by atoms with E-state index in [0.717, 1.165) is 29.3 Å². The first kappa shape index (κ1) is 14.4. The first-order valence-electron chi connectivity index (χ1n) is 6.67. The topological polar surface area (TPSA) is 62.3 Å². The average molecular weight is 275 g/mol. The largest absolute Gasteiger partial charge is 0.497 e. The van der Waals surface area contributed by atoms with Gasteiger partial charge in [-0.25, -0.2) is 0 Å². The van der Waals surface area contributed by atoms with Crippen molar-refractivity contribution in [2.75, 3.05) is 14.2 Å². The van der Waals surface area contributed by atoms with Crippen LogP contribution in [-0.2, 0) is 13.0 Å². The number of nitrogens with zero attached hydrogens (tertiary/aromatic N) is 2. The highest BCUT2D eigenvalue weighted by molar-refractivity contribution is 5.33. The zero-order valence-electron chi connectivity index (χ0n) is 12.2. The molecule has 1 aromatic heterocycles. The van der Waals surface area contributed by atoms with E-state index in [2.05, 4.69) is 5.10 Å². The Labute approximate surface area is 119 Å². The van der Waals surface area contributed by atoms with Gasteiger partial charge in [0.15, 0.2) is 5.75 Å². The third-order valence-corrected chi connectivity index (χ3v) is 3.31. The Hall–Kier alpha value is -2.01. The molecule has 0 aliphatic heterocycles. The van der Waals surface area contributed by atoms with Crippen molar-refractivity contribution in [3.05, 3.63) is 41.7 Å². The maximum absolute atomic E-state index is 6.33. The standard InChI is InChI=1S/C15H21N3O2/c1-4-18-15(14(20-3)10-17-18)13(16)9-11-6-5-7-12(8-11)19-2/h5-8,10,13H,4,9,16H2,1-3H3. The molecule has 0 spiro atoms. The van der Waals surface area contributed by atoms with E-state index in [1.165, 1.54) is 0 Å². The molecule has 1 aromatic carbocycles. The van der Waals surface area contributed by atoms with Crippen molar-refractivity contribution < 1.29 is 9.47 Å². The molecule has 0 aliphatic carbocycles. The van der Waals surface area contributed by atoms with E-state index in [4.69, 9.17) is 15.2 Å². The normalized spacial score (nSPS) is 12.2. The Bertz CT molecular complexity index is 544. The molecule has 2 aromatic rings. The van der Waals surface area contributed by atoms with Crippen molar-refractivity contribution in [3.63, 3.8) is 0 Å². The summed E-state index contributed by atoms with van der Waals surface area (Å²) in [4.78, 5) is 0. The number of hydrogen-bond acceptors (Lipinski definition) is 4. The Kier molecular flexibility index (Phi) is 4.63. The second-order valence-corrected chi connectivity index (χ2v) is 4.58. The highest BCUT2D eigenvalue weighted by atomic mass is 16.5. The molecule has 0 fully saturated rings. The lowest BCUT2D eigenvalue weighted by molar-refractivity contribution is 0.401. The van der Waals surface area contributed by atoms with Gasteiger partial charge in [-0.15, -0.1) is 0 Å². The maximum atomic E-state index is 6.33. The van der Waals surface area contributed by atoms with Crippen molar-refractivity contribution in [1.29, 1.82) is 0 Å². The van der Waals surface area contributed by atoms with Crippen LogP contribution < -0.4 is 15.2 Å². The molecule has 0 amide bonds. The molecule has 20 heavy (non-hydrogen) atoms. The van der Waals surface area contributed by atoms with Crippen LogP contribution in [-0.4, -0.2) is 24.0 Å². The highest BCUT2D eigenvalue weighted by Crippen LogP contribution is 2.26. The number of aromatic nitrogens is 2. The van der Waals surface area contributed by atoms with Crippen LogP contribution >= 0.6 is 0 Å². The summed E-state index contributed by atoms with van der Waals surface area (Å²) in [5.41, 5.74) is 8.39. The van der Waals surface area contributed by atoms with Gasteiger partial charge in [0, 0.05) is 6.54 Å². The third kappa shape index (κ3) is 2.93. The average Bonchev–Trinajstić information content (AvgIpc) is 2.90. The van der Waals surface area contributed by atoms with Crippen molar-refractivity contribution in [3.8, 4) is 11.5 Å². The second kappa shape index (κ2) is 6.43. The molecule has 1 atom stereocenters. The smallest absolute Gasteiger partial charge is 0.161 e. The van der Waals surface area contributed by atoms with Crippen molar-refractivity contribution in [2.45, 2.75) is 25.9 Å². The van der Waals surface area contributed by atoms with Crippen LogP contribution in [0.3, 0.4) is 0 Å². The van der Waals surface area contributed by atoms with Crippen molar-refractivity contribution in [2.24, 2.45) is 5.73 Å². The molecule has 1 unspecified atom stereocenters. The number of methoxy groups -OCH3 is 2. The van der Waals surface area contributed by atoms with Crippen LogP contribution in [0, 0.1) is 0 Å². The number of rotatable bonds is 6. The molecule has 2 N–H and O–H groups in total. The minimum atomic E-state index is -0.167. The van der Waals surface area contributed by atoms with Crippen LogP contribution in [0.4, 0.5) is 0 Å². The molecule has 2 rings (SSSR count). The molecule has 0 aliphatic rings. The zero-order valence-corrected chi connectivity index (χ0v) is 12.2. The summed E-state index contributed by atoms with van der Waals surface area (Å²) >= 11 is 0. The lowest BCUT2D eigenvalue weighted by atomic mass is 10.0. The summed E-state index contributed by atoms with van der Waals surface area (Å²) in [6, 6.07) is 7.77. The molecular weight excluding hydrogens is 254 g/mol. The predicted molar refractivity (Wildman–Crippen MR) is 78.1 cm³/mol. The lowest BCUT2D eigenvalue weighted by Gasteiger charge is -2.15. The SMILES string of the molecule is CCn1ncc(OC)c1C(N)Cc1cccc(OC)c1. The molecule has 0 radical (unpaired) electrons. The van der Waals surface area contributed by atoms with E-state index in [9.17, 15) is 0 Å². The van der Waals surface area contributed by atoms with Crippen LogP contribution in [0.25, 0.3) is 0 Å². The van der Waals surface area contributed by atoms with Gasteiger partial charge in [-0.2, -0.15) is 5.10 Å². The summed E-state index contributed by atoms with van der Waals surface area (Å²) in [5.74, 6) is 1.58. The number of hydrogen-bond donors (Lipinski definition) is 1. The summed E-state index contributed by atoms with van der Waals surface area (Å²) in [5, 5.41) is 4.29. The predicted octanol–water partition coefficient (Wildman–Crippen LogP) is 2.16. The number of ether oxygens (including phenoxy) is 2. The molecule has 5 nitrogen and oxygen atoms in total. The fourth-order valence-corrected chi connectivity index (χ4v) is 2.31. The summed E-state index contributed by atoms with van der Waals surface area (Å²) < 4.78 is 12.5. The fourth-order valence-electron chi connectivity index (χ4n) is 2.31. The van der Waals surface area contributed by atoms with E-state index in [-0.39, 0.29) is 6.04 Å². The third-order valence-electron chi connectivity index (χ3n) is 3.31. The van der Waals surface area contributed by atoms with E-state index < -0.39 is 0 Å². The quantitative estimate of drug-likeness (QED) is 0.877. The zero-order chi connectivity index (χ0) is 14.5. The minimum absolute atomic E-state index is 0.167. The number of nitrogens with two attached hydrogens (primary N) is 1. The minimum Gasteiger partial charge on any atom is -0.497 e. The molecular formula is C15H21N3O2. The Balaban J connectivity index is 2.22. The number of benzene rings is 1. The lowest BCUT2D eigenvalue weighted by Crippen LogP contribution is -2.19. The van der Waals surface area contributed by atoms with Crippen LogP contribution in [0.1, 0.15) is 24.2 Å². The molecule has 0 saturated carbocycles. The van der Waals surface area contributed by atoms with Crippen molar-refractivity contribution >= 4 is 0 Å². The van der Waals surface area contributed by atoms with Gasteiger partial charge >= 0.3 is 0 Å². The van der Waals surface area contributed by atoms with Crippen LogP contribution in [0.5, 0.6) is 11.5 Å². The van der Waals surface area contributed by atoms with E-state index >= 15 is 0 Å². The summed E-state index contributed by atoms with van der Waals surface area (Å²) in [6.07, 6.45) is 2.42. The Morgan fingerprint density at radius 2 is 2.10 bits per heavy atom. The Morgan fingerprint density at radius 1 is 1.30 bits per heavy atom. The molecule has 0 bridgehead atoms. The summed E-state index contributed by atoms with van der Waals surface area (Å²) in [7, 11) is 3.30. The molecule has 1 heterocycles. The first-order valence-corrected chi connectivity index (χ1v) is 6.67. The highest BCUT2D eigenvalue weighted by Gasteiger charge is 2.18. The van der Waals surface area contributed by atoms with E-state index in [1.807, 2.05) is 35.9 Å². The first-order chi connectivity index (χ1) is 9.69. The van der Waals surface area contributed by atoms with Gasteiger partial charge in [0.25, 0.3) is 0 Å².